The van der Waals surface area contributed by atoms with Crippen molar-refractivity contribution < 1.29 is 9.84 Å². The van der Waals surface area contributed by atoms with Gasteiger partial charge in [-0.15, -0.1) is 0 Å². The molecule has 0 aliphatic heterocycles. The fraction of sp³-hybridized carbons (Fsp3) is 0.400. The van der Waals surface area contributed by atoms with Crippen molar-refractivity contribution in [1.29, 1.82) is 0 Å². The zero-order valence-electron chi connectivity index (χ0n) is 4.13. The Morgan fingerprint density at radius 1 is 1.71 bits per heavy atom. The summed E-state index contributed by atoms with van der Waals surface area (Å²) in [4.78, 5) is 0. The monoisotopic (exact) mass is 101 g/mol. The van der Waals surface area contributed by atoms with Gasteiger partial charge >= 0.3 is 0 Å². The van der Waals surface area contributed by atoms with Crippen LogP contribution < -0.4 is 0 Å². The number of rotatable bonds is 3. The fourth-order valence-electron chi connectivity index (χ4n) is 0.189. The van der Waals surface area contributed by atoms with Gasteiger partial charge < -0.3 is 9.84 Å². The molecule has 1 radical (unpaired) electrons. The second kappa shape index (κ2) is 5.50. The smallest absolute Gasteiger partial charge is 0.110 e. The summed E-state index contributed by atoms with van der Waals surface area (Å²) in [6.45, 7) is 3.78. The average Bonchev–Trinajstić information content (AvgIpc) is 1.69. The minimum atomic E-state index is 0.0599. The van der Waals surface area contributed by atoms with Gasteiger partial charge in [-0.1, -0.05) is 0 Å². The molecule has 0 aromatic rings. The normalized spacial score (nSPS) is 10.0. The maximum atomic E-state index is 8.11. The van der Waals surface area contributed by atoms with Gasteiger partial charge in [0, 0.05) is 0 Å². The minimum Gasteiger partial charge on any atom is -0.499 e. The highest BCUT2D eigenvalue weighted by Gasteiger charge is 1.71. The summed E-state index contributed by atoms with van der Waals surface area (Å²) in [5.41, 5.74) is 0. The van der Waals surface area contributed by atoms with E-state index in [9.17, 15) is 0 Å². The average molecular weight is 101 g/mol. The summed E-state index contributed by atoms with van der Waals surface area (Å²) in [5, 5.41) is 8.11. The lowest BCUT2D eigenvalue weighted by atomic mass is 10.7. The molecule has 0 aromatic carbocycles. The van der Waals surface area contributed by atoms with E-state index in [0.29, 0.717) is 6.61 Å². The molecule has 0 aromatic heterocycles. The summed E-state index contributed by atoms with van der Waals surface area (Å²) in [7, 11) is 0. The van der Waals surface area contributed by atoms with Gasteiger partial charge in [0.1, 0.15) is 6.61 Å². The minimum absolute atomic E-state index is 0.0599. The molecular formula is C5H9O2. The van der Waals surface area contributed by atoms with Crippen LogP contribution in [0.5, 0.6) is 0 Å². The van der Waals surface area contributed by atoms with Crippen LogP contribution >= 0.6 is 0 Å². The van der Waals surface area contributed by atoms with E-state index in [0.717, 1.165) is 0 Å². The lowest BCUT2D eigenvalue weighted by Gasteiger charge is -1.91. The Labute approximate surface area is 43.4 Å². The Morgan fingerprint density at radius 2 is 2.43 bits per heavy atom. The van der Waals surface area contributed by atoms with Crippen molar-refractivity contribution in [1.82, 2.24) is 0 Å². The summed E-state index contributed by atoms with van der Waals surface area (Å²) < 4.78 is 4.64. The van der Waals surface area contributed by atoms with E-state index in [2.05, 4.69) is 11.7 Å². The predicted molar refractivity (Wildman–Crippen MR) is 27.5 cm³/mol. The molecule has 0 spiro atoms. The molecule has 2 nitrogen and oxygen atoms in total. The van der Waals surface area contributed by atoms with Gasteiger partial charge in [0.2, 0.25) is 0 Å². The third-order valence-corrected chi connectivity index (χ3v) is 0.402. The van der Waals surface area contributed by atoms with Gasteiger partial charge in [0.15, 0.2) is 0 Å². The zero-order chi connectivity index (χ0) is 5.54. The third kappa shape index (κ3) is 5.50. The Kier molecular flexibility index (Phi) is 5.11. The molecule has 0 bridgehead atoms. The Bertz CT molecular complexity index is 50.0. The van der Waals surface area contributed by atoms with Crippen molar-refractivity contribution >= 4 is 0 Å². The van der Waals surface area contributed by atoms with Gasteiger partial charge in [-0.2, -0.15) is 0 Å². The first kappa shape index (κ1) is 6.50. The van der Waals surface area contributed by atoms with Crippen LogP contribution in [0.2, 0.25) is 0 Å². The van der Waals surface area contributed by atoms with Crippen LogP contribution in [-0.4, -0.2) is 18.3 Å². The second-order valence-electron chi connectivity index (χ2n) is 0.966. The van der Waals surface area contributed by atoms with Gasteiger partial charge in [0.05, 0.1) is 12.9 Å². The van der Waals surface area contributed by atoms with Gasteiger partial charge in [-0.05, 0) is 13.0 Å². The molecule has 0 amide bonds. The lowest BCUT2D eigenvalue weighted by Crippen LogP contribution is -1.91. The van der Waals surface area contributed by atoms with E-state index in [1.807, 2.05) is 0 Å². The first-order valence-corrected chi connectivity index (χ1v) is 2.08. The number of aliphatic hydroxyl groups is 1. The van der Waals surface area contributed by atoms with Gasteiger partial charge in [0.25, 0.3) is 0 Å². The molecular weight excluding hydrogens is 92.1 g/mol. The predicted octanol–water partition coefficient (Wildman–Crippen LogP) is 0.343. The van der Waals surface area contributed by atoms with Crippen LogP contribution in [0.1, 0.15) is 0 Å². The number of ether oxygens (including phenoxy) is 1. The van der Waals surface area contributed by atoms with Crippen molar-refractivity contribution in [3.63, 3.8) is 0 Å². The molecule has 2 heteroatoms. The van der Waals surface area contributed by atoms with Crippen LogP contribution in [-0.2, 0) is 4.74 Å². The molecule has 0 atom stereocenters. The molecule has 0 rings (SSSR count). The van der Waals surface area contributed by atoms with E-state index in [4.69, 9.17) is 5.11 Å². The Balaban J connectivity index is 2.69. The van der Waals surface area contributed by atoms with E-state index >= 15 is 0 Å². The first-order chi connectivity index (χ1) is 3.41. The summed E-state index contributed by atoms with van der Waals surface area (Å²) in [6.07, 6.45) is 2.96. The molecule has 0 saturated heterocycles. The first-order valence-electron chi connectivity index (χ1n) is 2.08. The summed E-state index contributed by atoms with van der Waals surface area (Å²) >= 11 is 0. The SMILES string of the molecule is [CH2]/C=C/OCCO. The number of hydrogen-bond acceptors (Lipinski definition) is 2. The summed E-state index contributed by atoms with van der Waals surface area (Å²) in [5.74, 6) is 0. The van der Waals surface area contributed by atoms with E-state index in [1.165, 1.54) is 12.3 Å². The summed E-state index contributed by atoms with van der Waals surface area (Å²) in [6, 6.07) is 0. The highest BCUT2D eigenvalue weighted by Crippen LogP contribution is 1.72. The number of hydrogen-bond donors (Lipinski definition) is 1. The molecule has 0 fully saturated rings. The topological polar surface area (TPSA) is 29.5 Å². The second-order valence-corrected chi connectivity index (χ2v) is 0.966. The third-order valence-electron chi connectivity index (χ3n) is 0.402. The largest absolute Gasteiger partial charge is 0.499 e. The van der Waals surface area contributed by atoms with Crippen molar-refractivity contribution in [2.45, 2.75) is 0 Å². The van der Waals surface area contributed by atoms with Crippen LogP contribution in [0.15, 0.2) is 12.3 Å². The highest BCUT2D eigenvalue weighted by atomic mass is 16.5. The quantitative estimate of drug-likeness (QED) is 0.410. The molecule has 0 unspecified atom stereocenters. The number of allylic oxidation sites excluding steroid dienone is 1. The van der Waals surface area contributed by atoms with Crippen molar-refractivity contribution in [2.24, 2.45) is 0 Å². The van der Waals surface area contributed by atoms with E-state index in [1.54, 1.807) is 0 Å². The molecule has 41 valence electrons. The van der Waals surface area contributed by atoms with Gasteiger partial charge in [-0.25, -0.2) is 0 Å². The standard InChI is InChI=1S/C5H9O2/c1-2-4-7-5-3-6/h2,4,6H,1,3,5H2/b4-2+. The van der Waals surface area contributed by atoms with Gasteiger partial charge in [-0.3, -0.25) is 0 Å². The fourth-order valence-corrected chi connectivity index (χ4v) is 0.189. The van der Waals surface area contributed by atoms with Crippen LogP contribution in [0, 0.1) is 6.92 Å². The number of aliphatic hydroxyl groups excluding tert-OH is 1. The maximum absolute atomic E-state index is 8.11. The lowest BCUT2D eigenvalue weighted by molar-refractivity contribution is 0.166. The molecule has 0 saturated carbocycles. The molecule has 0 aliphatic carbocycles. The molecule has 0 aliphatic rings. The van der Waals surface area contributed by atoms with E-state index in [-0.39, 0.29) is 6.61 Å². The molecule has 0 heterocycles. The van der Waals surface area contributed by atoms with Crippen LogP contribution in [0.4, 0.5) is 0 Å². The zero-order valence-corrected chi connectivity index (χ0v) is 4.13. The molecule has 7 heavy (non-hydrogen) atoms. The highest BCUT2D eigenvalue weighted by molar-refractivity contribution is 4.74. The Morgan fingerprint density at radius 3 is 2.86 bits per heavy atom. The van der Waals surface area contributed by atoms with Crippen LogP contribution in [0.3, 0.4) is 0 Å². The van der Waals surface area contributed by atoms with Crippen molar-refractivity contribution in [3.05, 3.63) is 19.3 Å². The van der Waals surface area contributed by atoms with Crippen molar-refractivity contribution in [3.8, 4) is 0 Å². The maximum Gasteiger partial charge on any atom is 0.110 e. The van der Waals surface area contributed by atoms with Crippen molar-refractivity contribution in [2.75, 3.05) is 13.2 Å². The molecule has 1 N–H and O–H groups in total. The Hall–Kier alpha value is -0.500. The van der Waals surface area contributed by atoms with Crippen LogP contribution in [0.25, 0.3) is 0 Å². The van der Waals surface area contributed by atoms with E-state index < -0.39 is 0 Å².